The summed E-state index contributed by atoms with van der Waals surface area (Å²) >= 11 is 1.38. The molecule has 1 atom stereocenters. The van der Waals surface area contributed by atoms with Gasteiger partial charge in [0.2, 0.25) is 0 Å². The molecule has 0 aromatic carbocycles. The minimum Gasteiger partial charge on any atom is -0.339 e. The average molecular weight is 370 g/mol. The van der Waals surface area contributed by atoms with Gasteiger partial charge in [-0.25, -0.2) is 13.4 Å². The van der Waals surface area contributed by atoms with E-state index >= 15 is 0 Å². The van der Waals surface area contributed by atoms with Crippen molar-refractivity contribution in [3.8, 4) is 0 Å². The third-order valence-electron chi connectivity index (χ3n) is 4.48. The van der Waals surface area contributed by atoms with Gasteiger partial charge in [-0.15, -0.1) is 11.3 Å². The summed E-state index contributed by atoms with van der Waals surface area (Å²) in [6.45, 7) is 3.87. The lowest BCUT2D eigenvalue weighted by molar-refractivity contribution is -0.137. The van der Waals surface area contributed by atoms with E-state index in [4.69, 9.17) is 4.74 Å². The lowest BCUT2D eigenvalue weighted by atomic mass is 10.0. The zero-order valence-electron chi connectivity index (χ0n) is 13.4. The number of fused-ring (bicyclic) bond motifs is 1. The molecule has 2 aromatic heterocycles. The number of hydrogen-bond donors (Lipinski definition) is 1. The number of piperidine rings is 1. The number of imidazole rings is 1. The van der Waals surface area contributed by atoms with E-state index in [1.807, 2.05) is 0 Å². The Hall–Kier alpha value is -1.49. The maximum atomic E-state index is 13.0. The summed E-state index contributed by atoms with van der Waals surface area (Å²) in [5.74, 6) is -0.216. The summed E-state index contributed by atoms with van der Waals surface area (Å²) in [7, 11) is -3.72. The lowest BCUT2D eigenvalue weighted by Gasteiger charge is -2.39. The summed E-state index contributed by atoms with van der Waals surface area (Å²) in [5, 5.41) is 4.78. The van der Waals surface area contributed by atoms with Gasteiger partial charge in [0.25, 0.3) is 15.9 Å². The third-order valence-corrected chi connectivity index (χ3v) is 7.07. The third kappa shape index (κ3) is 2.28. The molecular formula is C14H18N4O4S2. The van der Waals surface area contributed by atoms with Crippen LogP contribution in [-0.2, 0) is 19.6 Å². The molecule has 2 aliphatic rings. The first-order chi connectivity index (χ1) is 11.2. The highest BCUT2D eigenvalue weighted by Gasteiger charge is 2.53. The summed E-state index contributed by atoms with van der Waals surface area (Å²) in [4.78, 5) is 16.8. The Labute approximate surface area is 143 Å². The number of thiazole rings is 1. The molecule has 1 spiro atoms. The van der Waals surface area contributed by atoms with Gasteiger partial charge in [-0.05, 0) is 26.7 Å². The van der Waals surface area contributed by atoms with Crippen molar-refractivity contribution in [1.82, 2.24) is 19.0 Å². The van der Waals surface area contributed by atoms with Gasteiger partial charge in [0.15, 0.2) is 15.7 Å². The van der Waals surface area contributed by atoms with Crippen molar-refractivity contribution in [3.05, 3.63) is 17.8 Å². The second-order valence-corrected chi connectivity index (χ2v) is 9.41. The number of amides is 1. The Balaban J connectivity index is 1.67. The van der Waals surface area contributed by atoms with E-state index in [9.17, 15) is 13.2 Å². The number of nitrogens with zero attached hydrogens (tertiary/aromatic N) is 3. The lowest BCUT2D eigenvalue weighted by Crippen LogP contribution is -2.56. The summed E-state index contributed by atoms with van der Waals surface area (Å²) in [5.41, 5.74) is -1.91. The summed E-state index contributed by atoms with van der Waals surface area (Å²) in [6, 6.07) is 0. The van der Waals surface area contributed by atoms with E-state index in [2.05, 4.69) is 10.3 Å². The highest BCUT2D eigenvalue weighted by Crippen LogP contribution is 2.35. The molecule has 4 heterocycles. The molecule has 0 aliphatic carbocycles. The van der Waals surface area contributed by atoms with Crippen molar-refractivity contribution in [2.24, 2.45) is 0 Å². The number of sulfonamides is 1. The number of aromatic nitrogens is 2. The standard InChI is InChI=1S/C14H18N4O4S2/c1-13(2)11(19)16-14(22-13)4-3-5-17(9-14)24(20,21)10-8-15-12-18(10)6-7-23-12/h6-8H,3-5,9H2,1-2H3,(H,16,19). The van der Waals surface area contributed by atoms with Crippen LogP contribution in [0.15, 0.2) is 22.8 Å². The maximum Gasteiger partial charge on any atom is 0.260 e. The number of ether oxygens (including phenoxy) is 1. The molecule has 24 heavy (non-hydrogen) atoms. The number of rotatable bonds is 2. The zero-order chi connectivity index (χ0) is 17.2. The molecule has 8 nitrogen and oxygen atoms in total. The van der Waals surface area contributed by atoms with Crippen LogP contribution in [0.1, 0.15) is 26.7 Å². The average Bonchev–Trinajstić information content (AvgIpc) is 3.13. The Bertz CT molecular complexity index is 916. The van der Waals surface area contributed by atoms with E-state index in [0.29, 0.717) is 24.3 Å². The topological polar surface area (TPSA) is 93.0 Å². The fraction of sp³-hybridized carbons (Fsp3) is 0.571. The first-order valence-electron chi connectivity index (χ1n) is 7.67. The maximum absolute atomic E-state index is 13.0. The SMILES string of the molecule is CC1(C)OC2(CCCN(S(=O)(=O)c3cnc4sccn34)C2)NC1=O. The highest BCUT2D eigenvalue weighted by atomic mass is 32.2. The predicted molar refractivity (Wildman–Crippen MR) is 87.1 cm³/mol. The van der Waals surface area contributed by atoms with Crippen LogP contribution in [0.4, 0.5) is 0 Å². The molecule has 1 unspecified atom stereocenters. The second kappa shape index (κ2) is 5.01. The van der Waals surface area contributed by atoms with Crippen molar-refractivity contribution >= 4 is 32.2 Å². The van der Waals surface area contributed by atoms with Crippen LogP contribution >= 0.6 is 11.3 Å². The van der Waals surface area contributed by atoms with Crippen molar-refractivity contribution in [2.45, 2.75) is 43.0 Å². The molecular weight excluding hydrogens is 352 g/mol. The summed E-state index contributed by atoms with van der Waals surface area (Å²) < 4.78 is 35.0. The zero-order valence-corrected chi connectivity index (χ0v) is 15.0. The van der Waals surface area contributed by atoms with Crippen LogP contribution in [0.5, 0.6) is 0 Å². The molecule has 2 aromatic rings. The fourth-order valence-corrected chi connectivity index (χ4v) is 5.66. The first-order valence-corrected chi connectivity index (χ1v) is 9.99. The molecule has 1 amide bonds. The number of nitrogens with one attached hydrogen (secondary N) is 1. The van der Waals surface area contributed by atoms with Gasteiger partial charge in [0, 0.05) is 18.1 Å². The molecule has 2 fully saturated rings. The van der Waals surface area contributed by atoms with Crippen molar-refractivity contribution in [2.75, 3.05) is 13.1 Å². The van der Waals surface area contributed by atoms with Crippen molar-refractivity contribution < 1.29 is 17.9 Å². The molecule has 0 bridgehead atoms. The second-order valence-electron chi connectivity index (χ2n) is 6.65. The van der Waals surface area contributed by atoms with E-state index in [1.54, 1.807) is 29.8 Å². The van der Waals surface area contributed by atoms with Crippen LogP contribution in [0.2, 0.25) is 0 Å². The fourth-order valence-electron chi connectivity index (χ4n) is 3.32. The Morgan fingerprint density at radius 3 is 2.92 bits per heavy atom. The number of carbonyl (C=O) groups excluding carboxylic acids is 1. The van der Waals surface area contributed by atoms with E-state index in [0.717, 1.165) is 0 Å². The molecule has 2 saturated heterocycles. The summed E-state index contributed by atoms with van der Waals surface area (Å²) in [6.07, 6.45) is 4.27. The number of hydrogen-bond acceptors (Lipinski definition) is 6. The van der Waals surface area contributed by atoms with Gasteiger partial charge in [0.05, 0.1) is 12.7 Å². The monoisotopic (exact) mass is 370 g/mol. The van der Waals surface area contributed by atoms with Crippen LogP contribution in [0.25, 0.3) is 4.96 Å². The predicted octanol–water partition coefficient (Wildman–Crippen LogP) is 0.802. The van der Waals surface area contributed by atoms with Gasteiger partial charge < -0.3 is 10.1 Å². The Kier molecular flexibility index (Phi) is 3.34. The normalized spacial score (nSPS) is 27.8. The molecule has 1 N–H and O–H groups in total. The van der Waals surface area contributed by atoms with Gasteiger partial charge in [-0.2, -0.15) is 4.31 Å². The van der Waals surface area contributed by atoms with Gasteiger partial charge in [-0.1, -0.05) is 0 Å². The van der Waals surface area contributed by atoms with Crippen LogP contribution in [-0.4, -0.2) is 52.4 Å². The Morgan fingerprint density at radius 2 is 2.21 bits per heavy atom. The number of carbonyl (C=O) groups is 1. The minimum atomic E-state index is -3.72. The largest absolute Gasteiger partial charge is 0.339 e. The van der Waals surface area contributed by atoms with E-state index in [-0.39, 0.29) is 17.5 Å². The van der Waals surface area contributed by atoms with Gasteiger partial charge in [-0.3, -0.25) is 9.20 Å². The van der Waals surface area contributed by atoms with Crippen LogP contribution in [0.3, 0.4) is 0 Å². The molecule has 2 aliphatic heterocycles. The van der Waals surface area contributed by atoms with Gasteiger partial charge >= 0.3 is 0 Å². The molecule has 0 radical (unpaired) electrons. The molecule has 130 valence electrons. The van der Waals surface area contributed by atoms with Crippen molar-refractivity contribution in [1.29, 1.82) is 0 Å². The Morgan fingerprint density at radius 1 is 1.42 bits per heavy atom. The minimum absolute atomic E-state index is 0.0991. The van der Waals surface area contributed by atoms with Crippen LogP contribution < -0.4 is 5.32 Å². The molecule has 0 saturated carbocycles. The molecule has 4 rings (SSSR count). The quantitative estimate of drug-likeness (QED) is 0.844. The van der Waals surface area contributed by atoms with Crippen molar-refractivity contribution in [3.63, 3.8) is 0 Å². The van der Waals surface area contributed by atoms with Gasteiger partial charge in [0.1, 0.15) is 5.60 Å². The van der Waals surface area contributed by atoms with Crippen LogP contribution in [0, 0.1) is 0 Å². The highest BCUT2D eigenvalue weighted by molar-refractivity contribution is 7.89. The first kappa shape index (κ1) is 16.0. The molecule has 10 heteroatoms. The van der Waals surface area contributed by atoms with E-state index in [1.165, 1.54) is 21.8 Å². The van der Waals surface area contributed by atoms with E-state index < -0.39 is 21.3 Å². The smallest absolute Gasteiger partial charge is 0.260 e.